The molecule has 0 saturated carbocycles. The predicted molar refractivity (Wildman–Crippen MR) is 77.7 cm³/mol. The van der Waals surface area contributed by atoms with Crippen molar-refractivity contribution in [2.75, 3.05) is 7.11 Å². The van der Waals surface area contributed by atoms with Crippen LogP contribution in [0.3, 0.4) is 0 Å². The molecule has 0 bridgehead atoms. The molecule has 2 atom stereocenters. The summed E-state index contributed by atoms with van der Waals surface area (Å²) < 4.78 is 5.29. The van der Waals surface area contributed by atoms with Crippen LogP contribution in [0.25, 0.3) is 0 Å². The van der Waals surface area contributed by atoms with Crippen molar-refractivity contribution in [3.05, 3.63) is 71.3 Å². The number of hydrogen-bond donors (Lipinski definition) is 1. The Bertz CT molecular complexity index is 561. The van der Waals surface area contributed by atoms with Crippen LogP contribution in [0.4, 0.5) is 0 Å². The van der Waals surface area contributed by atoms with Crippen LogP contribution in [0, 0.1) is 6.92 Å². The first-order chi connectivity index (χ1) is 9.63. The summed E-state index contributed by atoms with van der Waals surface area (Å²) in [6, 6.07) is 16.4. The van der Waals surface area contributed by atoms with E-state index in [2.05, 4.69) is 0 Å². The van der Waals surface area contributed by atoms with Crippen LogP contribution in [0.15, 0.2) is 54.6 Å². The van der Waals surface area contributed by atoms with Crippen LogP contribution < -0.4 is 0 Å². The fourth-order valence-electron chi connectivity index (χ4n) is 2.12. The van der Waals surface area contributed by atoms with Gasteiger partial charge in [-0.1, -0.05) is 60.2 Å². The number of Topliss-reactive ketones (excluding diaryl/α,β-unsaturated/α-hetero) is 1. The standard InChI is InChI=1S/C17H18O3/c1-12-8-10-13(11-9-12)15(18)16(19)17(20-2)14-6-4-3-5-7-14/h3-11,16-17,19H,1-2H3/t16-,17+/m0/s1. The van der Waals surface area contributed by atoms with E-state index in [0.717, 1.165) is 11.1 Å². The second-order valence-corrected chi connectivity index (χ2v) is 4.74. The average Bonchev–Trinajstić information content (AvgIpc) is 2.49. The molecule has 20 heavy (non-hydrogen) atoms. The van der Waals surface area contributed by atoms with Crippen LogP contribution in [0.1, 0.15) is 27.6 Å². The van der Waals surface area contributed by atoms with Crippen molar-refractivity contribution in [2.24, 2.45) is 0 Å². The number of aliphatic hydroxyl groups excluding tert-OH is 1. The molecule has 0 saturated heterocycles. The van der Waals surface area contributed by atoms with Crippen molar-refractivity contribution < 1.29 is 14.6 Å². The Morgan fingerprint density at radius 1 is 1.05 bits per heavy atom. The monoisotopic (exact) mass is 270 g/mol. The maximum absolute atomic E-state index is 12.3. The highest BCUT2D eigenvalue weighted by Gasteiger charge is 2.28. The van der Waals surface area contributed by atoms with Crippen LogP contribution in [0.5, 0.6) is 0 Å². The zero-order valence-electron chi connectivity index (χ0n) is 11.6. The minimum Gasteiger partial charge on any atom is -0.382 e. The van der Waals surface area contributed by atoms with Crippen LogP contribution >= 0.6 is 0 Å². The number of aliphatic hydroxyl groups is 1. The van der Waals surface area contributed by atoms with E-state index in [1.54, 1.807) is 12.1 Å². The highest BCUT2D eigenvalue weighted by molar-refractivity contribution is 5.99. The fraction of sp³-hybridized carbons (Fsp3) is 0.235. The van der Waals surface area contributed by atoms with Crippen molar-refractivity contribution >= 4 is 5.78 Å². The molecule has 0 heterocycles. The van der Waals surface area contributed by atoms with E-state index in [-0.39, 0.29) is 5.78 Å². The number of benzene rings is 2. The Morgan fingerprint density at radius 2 is 1.65 bits per heavy atom. The van der Waals surface area contributed by atoms with Gasteiger partial charge in [-0.3, -0.25) is 4.79 Å². The van der Waals surface area contributed by atoms with Crippen LogP contribution in [-0.2, 0) is 4.74 Å². The lowest BCUT2D eigenvalue weighted by Crippen LogP contribution is -2.29. The largest absolute Gasteiger partial charge is 0.382 e. The van der Waals surface area contributed by atoms with Gasteiger partial charge in [0.25, 0.3) is 0 Å². The Hall–Kier alpha value is -1.97. The van der Waals surface area contributed by atoms with Crippen LogP contribution in [-0.4, -0.2) is 24.1 Å². The highest BCUT2D eigenvalue weighted by atomic mass is 16.5. The summed E-state index contributed by atoms with van der Waals surface area (Å²) in [5, 5.41) is 10.3. The third-order valence-corrected chi connectivity index (χ3v) is 3.27. The number of rotatable bonds is 5. The van der Waals surface area contributed by atoms with Gasteiger partial charge in [-0.15, -0.1) is 0 Å². The van der Waals surface area contributed by atoms with Gasteiger partial charge < -0.3 is 9.84 Å². The lowest BCUT2D eigenvalue weighted by Gasteiger charge is -2.21. The average molecular weight is 270 g/mol. The molecule has 0 unspecified atom stereocenters. The first-order valence-corrected chi connectivity index (χ1v) is 6.50. The molecule has 2 aromatic carbocycles. The first kappa shape index (κ1) is 14.4. The van der Waals surface area contributed by atoms with Gasteiger partial charge in [0.15, 0.2) is 5.78 Å². The maximum atomic E-state index is 12.3. The third-order valence-electron chi connectivity index (χ3n) is 3.27. The summed E-state index contributed by atoms with van der Waals surface area (Å²) in [4.78, 5) is 12.3. The molecular weight excluding hydrogens is 252 g/mol. The minimum absolute atomic E-state index is 0.333. The molecule has 3 nitrogen and oxygen atoms in total. The van der Waals surface area contributed by atoms with E-state index in [9.17, 15) is 9.90 Å². The number of methoxy groups -OCH3 is 1. The van der Waals surface area contributed by atoms with Crippen molar-refractivity contribution in [1.29, 1.82) is 0 Å². The van der Waals surface area contributed by atoms with Crippen molar-refractivity contribution in [3.63, 3.8) is 0 Å². The quantitative estimate of drug-likeness (QED) is 0.850. The summed E-state index contributed by atoms with van der Waals surface area (Å²) in [5.74, 6) is -0.333. The molecule has 1 N–H and O–H groups in total. The second-order valence-electron chi connectivity index (χ2n) is 4.74. The zero-order valence-corrected chi connectivity index (χ0v) is 11.6. The molecule has 0 aromatic heterocycles. The molecule has 0 aliphatic carbocycles. The topological polar surface area (TPSA) is 46.5 Å². The lowest BCUT2D eigenvalue weighted by atomic mass is 9.97. The van der Waals surface area contributed by atoms with Gasteiger partial charge >= 0.3 is 0 Å². The van der Waals surface area contributed by atoms with Gasteiger partial charge in [-0.2, -0.15) is 0 Å². The second kappa shape index (κ2) is 6.46. The van der Waals surface area contributed by atoms with Gasteiger partial charge in [-0.25, -0.2) is 0 Å². The molecular formula is C17H18O3. The molecule has 0 radical (unpaired) electrons. The van der Waals surface area contributed by atoms with Gasteiger partial charge in [0.2, 0.25) is 0 Å². The normalized spacial score (nSPS) is 13.8. The smallest absolute Gasteiger partial charge is 0.194 e. The van der Waals surface area contributed by atoms with Gasteiger partial charge in [0.1, 0.15) is 12.2 Å². The first-order valence-electron chi connectivity index (χ1n) is 6.50. The summed E-state index contributed by atoms with van der Waals surface area (Å²) in [7, 11) is 1.49. The lowest BCUT2D eigenvalue weighted by molar-refractivity contribution is -0.00430. The molecule has 0 aliphatic heterocycles. The van der Waals surface area contributed by atoms with Gasteiger partial charge in [0.05, 0.1) is 0 Å². The van der Waals surface area contributed by atoms with E-state index in [1.165, 1.54) is 7.11 Å². The van der Waals surface area contributed by atoms with Crippen molar-refractivity contribution in [2.45, 2.75) is 19.1 Å². The Kier molecular flexibility index (Phi) is 4.66. The summed E-state index contributed by atoms with van der Waals surface area (Å²) in [5.41, 5.74) is 2.34. The highest BCUT2D eigenvalue weighted by Crippen LogP contribution is 2.23. The summed E-state index contributed by atoms with van der Waals surface area (Å²) in [6.07, 6.45) is -1.88. The minimum atomic E-state index is -1.22. The van der Waals surface area contributed by atoms with E-state index in [4.69, 9.17) is 4.74 Å². The van der Waals surface area contributed by atoms with Crippen LogP contribution in [0.2, 0.25) is 0 Å². The van der Waals surface area contributed by atoms with E-state index >= 15 is 0 Å². The summed E-state index contributed by atoms with van der Waals surface area (Å²) >= 11 is 0. The summed E-state index contributed by atoms with van der Waals surface area (Å²) in [6.45, 7) is 1.95. The third kappa shape index (κ3) is 3.13. The number of aryl methyl sites for hydroxylation is 1. The predicted octanol–water partition coefficient (Wildman–Crippen LogP) is 2.93. The van der Waals surface area contributed by atoms with Gasteiger partial charge in [0, 0.05) is 12.7 Å². The zero-order chi connectivity index (χ0) is 14.5. The number of carbonyl (C=O) groups excluding carboxylic acids is 1. The fourth-order valence-corrected chi connectivity index (χ4v) is 2.12. The SMILES string of the molecule is CO[C@H](c1ccccc1)[C@@H](O)C(=O)c1ccc(C)cc1. The van der Waals surface area contributed by atoms with E-state index < -0.39 is 12.2 Å². The Balaban J connectivity index is 2.22. The Labute approximate surface area is 118 Å². The van der Waals surface area contributed by atoms with E-state index in [0.29, 0.717) is 5.56 Å². The molecule has 104 valence electrons. The molecule has 0 amide bonds. The molecule has 2 rings (SSSR count). The van der Waals surface area contributed by atoms with E-state index in [1.807, 2.05) is 49.4 Å². The van der Waals surface area contributed by atoms with Crippen molar-refractivity contribution in [1.82, 2.24) is 0 Å². The van der Waals surface area contributed by atoms with Crippen molar-refractivity contribution in [3.8, 4) is 0 Å². The molecule has 0 spiro atoms. The van der Waals surface area contributed by atoms with Gasteiger partial charge in [-0.05, 0) is 12.5 Å². The molecule has 3 heteroatoms. The molecule has 0 fully saturated rings. The molecule has 2 aromatic rings. The molecule has 0 aliphatic rings. The number of hydrogen-bond acceptors (Lipinski definition) is 3. The Morgan fingerprint density at radius 3 is 2.20 bits per heavy atom. The number of ether oxygens (including phenoxy) is 1. The maximum Gasteiger partial charge on any atom is 0.194 e. The number of carbonyl (C=O) groups is 1. The number of ketones is 1.